The quantitative estimate of drug-likeness (QED) is 0.0588. The molecule has 250 valence electrons. The monoisotopic (exact) mass is 628 g/mol. The molecule has 0 aromatic rings. The van der Waals surface area contributed by atoms with Crippen LogP contribution < -0.4 is 38.9 Å². The largest absolute Gasteiger partial charge is 0.515 e. The zero-order valence-corrected chi connectivity index (χ0v) is 25.0. The summed E-state index contributed by atoms with van der Waals surface area (Å²) < 4.78 is 24.0. The third kappa shape index (κ3) is 7.61. The molecule has 2 aliphatic heterocycles. The minimum absolute atomic E-state index is 0.000458. The average molecular weight is 629 g/mol. The Hall–Kier alpha value is -2.58. The Morgan fingerprint density at radius 3 is 2.50 bits per heavy atom. The SMILES string of the molecule is CCNCC1=CC[C@@H](N)[C@@H](OC2[C@@H](N)C[C@@H](NC(=O)C3(O)CC(N=C(N)N)C3)[C@H](O[C@H]3OC/C(=C/O)C(NC)[C@H]3O)[C@H]2O)O1. The summed E-state index contributed by atoms with van der Waals surface area (Å²) in [5, 5.41) is 52.0. The fourth-order valence-corrected chi connectivity index (χ4v) is 6.05. The lowest BCUT2D eigenvalue weighted by molar-refractivity contribution is -0.276. The number of hydrogen-bond donors (Lipinski definition) is 11. The average Bonchev–Trinajstić information content (AvgIpc) is 2.96. The summed E-state index contributed by atoms with van der Waals surface area (Å²) >= 11 is 0. The lowest BCUT2D eigenvalue weighted by Gasteiger charge is -2.48. The van der Waals surface area contributed by atoms with Crippen molar-refractivity contribution >= 4 is 11.9 Å². The molecule has 0 spiro atoms. The molecule has 44 heavy (non-hydrogen) atoms. The van der Waals surface area contributed by atoms with Gasteiger partial charge in [0.2, 0.25) is 6.29 Å². The Kier molecular flexibility index (Phi) is 11.4. The van der Waals surface area contributed by atoms with Gasteiger partial charge in [-0.05, 0) is 32.5 Å². The maximum Gasteiger partial charge on any atom is 0.252 e. The molecule has 0 radical (unpaired) electrons. The number of aliphatic hydroxyl groups is 4. The molecule has 2 saturated carbocycles. The fraction of sp³-hybridized carbons (Fsp3) is 0.778. The Balaban J connectivity index is 1.52. The summed E-state index contributed by atoms with van der Waals surface area (Å²) in [6.45, 7) is 3.11. The van der Waals surface area contributed by atoms with Crippen LogP contribution in [0.5, 0.6) is 0 Å². The second-order valence-corrected chi connectivity index (χ2v) is 11.8. The van der Waals surface area contributed by atoms with Gasteiger partial charge in [-0.15, -0.1) is 0 Å². The third-order valence-corrected chi connectivity index (χ3v) is 8.51. The van der Waals surface area contributed by atoms with Gasteiger partial charge in [0.1, 0.15) is 35.8 Å². The van der Waals surface area contributed by atoms with E-state index in [0.29, 0.717) is 24.3 Å². The van der Waals surface area contributed by atoms with E-state index in [4.69, 9.17) is 41.9 Å². The molecule has 17 nitrogen and oxygen atoms in total. The van der Waals surface area contributed by atoms with Crippen molar-refractivity contribution in [1.29, 1.82) is 0 Å². The molecule has 0 aromatic carbocycles. The number of rotatable bonds is 11. The van der Waals surface area contributed by atoms with Gasteiger partial charge in [0.05, 0.1) is 43.6 Å². The summed E-state index contributed by atoms with van der Waals surface area (Å²) in [5.41, 5.74) is 22.3. The van der Waals surface area contributed by atoms with Crippen molar-refractivity contribution in [3.05, 3.63) is 23.7 Å². The van der Waals surface area contributed by atoms with Crippen LogP contribution >= 0.6 is 0 Å². The highest BCUT2D eigenvalue weighted by Gasteiger charge is 2.53. The minimum Gasteiger partial charge on any atom is -0.515 e. The number of likely N-dealkylation sites (N-methyl/N-ethyl adjacent to an activating group) is 2. The van der Waals surface area contributed by atoms with E-state index < -0.39 is 78.7 Å². The maximum atomic E-state index is 13.3. The molecule has 1 amide bonds. The van der Waals surface area contributed by atoms with Crippen molar-refractivity contribution in [3.63, 3.8) is 0 Å². The van der Waals surface area contributed by atoms with Crippen LogP contribution in [0.25, 0.3) is 0 Å². The summed E-state index contributed by atoms with van der Waals surface area (Å²) in [5.74, 6) is -0.210. The zero-order valence-electron chi connectivity index (χ0n) is 25.0. The number of carbonyl (C=O) groups is 1. The highest BCUT2D eigenvalue weighted by Crippen LogP contribution is 2.36. The topological polar surface area (TPSA) is 287 Å². The van der Waals surface area contributed by atoms with E-state index in [9.17, 15) is 25.2 Å². The molecule has 0 aromatic heterocycles. The number of guanidine groups is 1. The second kappa shape index (κ2) is 14.7. The molecule has 4 aliphatic rings. The van der Waals surface area contributed by atoms with E-state index >= 15 is 0 Å². The summed E-state index contributed by atoms with van der Waals surface area (Å²) in [6, 6.07) is -3.40. The molecule has 3 fully saturated rings. The molecule has 0 bridgehead atoms. The first kappa shape index (κ1) is 34.3. The van der Waals surface area contributed by atoms with Crippen LogP contribution in [0, 0.1) is 0 Å². The first-order valence-corrected chi connectivity index (χ1v) is 14.9. The molecule has 4 rings (SSSR count). The molecule has 2 heterocycles. The van der Waals surface area contributed by atoms with E-state index in [0.717, 1.165) is 12.8 Å². The predicted molar refractivity (Wildman–Crippen MR) is 157 cm³/mol. The first-order chi connectivity index (χ1) is 20.9. The van der Waals surface area contributed by atoms with Gasteiger partial charge < -0.3 is 78.3 Å². The van der Waals surface area contributed by atoms with Gasteiger partial charge >= 0.3 is 0 Å². The van der Waals surface area contributed by atoms with Gasteiger partial charge in [-0.3, -0.25) is 9.79 Å². The van der Waals surface area contributed by atoms with Gasteiger partial charge in [0.25, 0.3) is 5.91 Å². The number of amides is 1. The van der Waals surface area contributed by atoms with Crippen molar-refractivity contribution in [2.45, 2.75) is 105 Å². The molecule has 2 unspecified atom stereocenters. The van der Waals surface area contributed by atoms with E-state index in [-0.39, 0.29) is 31.8 Å². The minimum atomic E-state index is -1.74. The standard InChI is InChI=1S/C27H48N8O9/c1-3-33-9-14-4-5-15(28)23(42-14)43-21-16(29)6-17(35-25(39)27(40)7-13(8-27)34-26(30)31)22(20(21)38)44-24-19(37)18(32-2)12(10-36)11-41-24/h4,10,13,15-24,32-33,36-38,40H,3,5-9,11,28-29H2,1-2H3,(H,35,39)(H4,30,31,34)/b12-10-/t13?,15-,16+,17-,18?,19-,20+,21?,22+,23-,24-,27?/m1/s1. The van der Waals surface area contributed by atoms with Crippen LogP contribution in [0.1, 0.15) is 32.6 Å². The molecule has 17 heteroatoms. The van der Waals surface area contributed by atoms with Gasteiger partial charge in [0.15, 0.2) is 12.2 Å². The maximum absolute atomic E-state index is 13.3. The predicted octanol–water partition coefficient (Wildman–Crippen LogP) is -4.19. The van der Waals surface area contributed by atoms with Crippen LogP contribution in [-0.2, 0) is 23.7 Å². The van der Waals surface area contributed by atoms with Crippen LogP contribution in [-0.4, -0.2) is 132 Å². The van der Waals surface area contributed by atoms with E-state index in [1.54, 1.807) is 7.05 Å². The molecule has 15 N–H and O–H groups in total. The molecular formula is C27H48N8O9. The smallest absolute Gasteiger partial charge is 0.252 e. The van der Waals surface area contributed by atoms with Gasteiger partial charge in [-0.2, -0.15) is 0 Å². The van der Waals surface area contributed by atoms with Crippen molar-refractivity contribution in [1.82, 2.24) is 16.0 Å². The Labute approximate surface area is 256 Å². The first-order valence-electron chi connectivity index (χ1n) is 14.9. The Bertz CT molecular complexity index is 1080. The molecular weight excluding hydrogens is 580 g/mol. The number of carbonyl (C=O) groups excluding carboxylic acids is 1. The van der Waals surface area contributed by atoms with Crippen molar-refractivity contribution in [2.24, 2.45) is 27.9 Å². The normalized spacial score (nSPS) is 41.7. The molecule has 2 aliphatic carbocycles. The van der Waals surface area contributed by atoms with Crippen LogP contribution in [0.3, 0.4) is 0 Å². The molecule has 1 saturated heterocycles. The van der Waals surface area contributed by atoms with Crippen molar-refractivity contribution < 1.29 is 44.2 Å². The molecule has 10 atom stereocenters. The number of nitrogens with zero attached hydrogens (tertiary/aromatic N) is 1. The summed E-state index contributed by atoms with van der Waals surface area (Å²) in [6.07, 6.45) is -3.93. The van der Waals surface area contributed by atoms with Gasteiger partial charge in [0, 0.05) is 24.5 Å². The van der Waals surface area contributed by atoms with Crippen LogP contribution in [0.2, 0.25) is 0 Å². The number of nitrogens with two attached hydrogens (primary N) is 4. The van der Waals surface area contributed by atoms with E-state index in [2.05, 4.69) is 20.9 Å². The second-order valence-electron chi connectivity index (χ2n) is 11.8. The lowest BCUT2D eigenvalue weighted by atomic mass is 9.74. The highest BCUT2D eigenvalue weighted by atomic mass is 16.7. The lowest BCUT2D eigenvalue weighted by Crippen LogP contribution is -2.69. The van der Waals surface area contributed by atoms with Crippen LogP contribution in [0.15, 0.2) is 28.7 Å². The van der Waals surface area contributed by atoms with Crippen LogP contribution in [0.4, 0.5) is 0 Å². The Morgan fingerprint density at radius 2 is 1.86 bits per heavy atom. The van der Waals surface area contributed by atoms with Gasteiger partial charge in [-0.25, -0.2) is 0 Å². The number of aliphatic hydroxyl groups excluding tert-OH is 3. The van der Waals surface area contributed by atoms with E-state index in [1.165, 1.54) is 0 Å². The summed E-state index contributed by atoms with van der Waals surface area (Å²) in [7, 11) is 1.60. The van der Waals surface area contributed by atoms with Gasteiger partial charge in [-0.1, -0.05) is 6.92 Å². The zero-order chi connectivity index (χ0) is 32.2. The van der Waals surface area contributed by atoms with Crippen molar-refractivity contribution in [2.75, 3.05) is 26.7 Å². The number of nitrogens with one attached hydrogen (secondary N) is 3. The highest BCUT2D eigenvalue weighted by molar-refractivity contribution is 5.87. The Morgan fingerprint density at radius 1 is 1.16 bits per heavy atom. The fourth-order valence-electron chi connectivity index (χ4n) is 6.05. The van der Waals surface area contributed by atoms with Crippen molar-refractivity contribution in [3.8, 4) is 0 Å². The van der Waals surface area contributed by atoms with E-state index in [1.807, 2.05) is 13.0 Å². The number of ether oxygens (including phenoxy) is 4. The summed E-state index contributed by atoms with van der Waals surface area (Å²) in [4.78, 5) is 17.2. The number of aliphatic imine (C=N–C) groups is 1. The third-order valence-electron chi connectivity index (χ3n) is 8.51. The number of hydrogen-bond acceptors (Lipinski definition) is 14.